The van der Waals surface area contributed by atoms with Gasteiger partial charge >= 0.3 is 12.0 Å². The Balaban J connectivity index is 1.98. The highest BCUT2D eigenvalue weighted by atomic mass is 16.5. The van der Waals surface area contributed by atoms with E-state index in [4.69, 9.17) is 4.74 Å². The number of nitrogens with one attached hydrogen (secondary N) is 1. The molecule has 1 aromatic carbocycles. The summed E-state index contributed by atoms with van der Waals surface area (Å²) < 4.78 is 4.82. The molecule has 0 spiro atoms. The third-order valence-corrected chi connectivity index (χ3v) is 4.38. The number of carbonyl (C=O) groups is 3. The second-order valence-electron chi connectivity index (χ2n) is 6.31. The molecule has 0 unspecified atom stereocenters. The van der Waals surface area contributed by atoms with E-state index in [9.17, 15) is 14.4 Å². The highest BCUT2D eigenvalue weighted by molar-refractivity contribution is 5.86. The zero-order valence-electron chi connectivity index (χ0n) is 14.9. The Kier molecular flexibility index (Phi) is 6.38. The molecule has 0 bridgehead atoms. The van der Waals surface area contributed by atoms with Crippen LogP contribution in [0.2, 0.25) is 0 Å². The van der Waals surface area contributed by atoms with Crippen LogP contribution in [-0.2, 0) is 14.3 Å². The van der Waals surface area contributed by atoms with Crippen molar-refractivity contribution in [3.8, 4) is 0 Å². The van der Waals surface area contributed by atoms with Gasteiger partial charge in [0.2, 0.25) is 5.91 Å². The van der Waals surface area contributed by atoms with Crippen molar-refractivity contribution < 1.29 is 19.1 Å². The SMILES string of the molecule is COC(=O)[C@@H](NC(=O)C1CCN(C(=O)N(C)C)CC1)c1ccccc1. The van der Waals surface area contributed by atoms with Crippen molar-refractivity contribution in [2.24, 2.45) is 5.92 Å². The summed E-state index contributed by atoms with van der Waals surface area (Å²) in [5, 5.41) is 2.79. The minimum atomic E-state index is -0.819. The lowest BCUT2D eigenvalue weighted by atomic mass is 9.95. The highest BCUT2D eigenvalue weighted by Crippen LogP contribution is 2.21. The lowest BCUT2D eigenvalue weighted by molar-refractivity contribution is -0.146. The fourth-order valence-corrected chi connectivity index (χ4v) is 2.92. The molecule has 1 fully saturated rings. The number of rotatable bonds is 4. The van der Waals surface area contributed by atoms with E-state index < -0.39 is 12.0 Å². The van der Waals surface area contributed by atoms with Gasteiger partial charge in [-0.2, -0.15) is 0 Å². The topological polar surface area (TPSA) is 79.0 Å². The smallest absolute Gasteiger partial charge is 0.333 e. The Bertz CT molecular complexity index is 610. The van der Waals surface area contributed by atoms with Crippen LogP contribution >= 0.6 is 0 Å². The minimum Gasteiger partial charge on any atom is -0.467 e. The number of amides is 3. The molecule has 0 aliphatic carbocycles. The van der Waals surface area contributed by atoms with Crippen molar-refractivity contribution in [1.29, 1.82) is 0 Å². The maximum absolute atomic E-state index is 12.6. The highest BCUT2D eigenvalue weighted by Gasteiger charge is 2.31. The molecule has 1 N–H and O–H groups in total. The predicted molar refractivity (Wildman–Crippen MR) is 92.7 cm³/mol. The van der Waals surface area contributed by atoms with Crippen molar-refractivity contribution in [2.45, 2.75) is 18.9 Å². The lowest BCUT2D eigenvalue weighted by Crippen LogP contribution is -2.47. The number of likely N-dealkylation sites (tertiary alicyclic amines) is 1. The molecule has 3 amide bonds. The van der Waals surface area contributed by atoms with Crippen molar-refractivity contribution in [3.05, 3.63) is 35.9 Å². The second-order valence-corrected chi connectivity index (χ2v) is 6.31. The molecule has 2 rings (SSSR count). The van der Waals surface area contributed by atoms with Crippen LogP contribution in [0.3, 0.4) is 0 Å². The number of hydrogen-bond acceptors (Lipinski definition) is 4. The summed E-state index contributed by atoms with van der Waals surface area (Å²) in [5.41, 5.74) is 0.683. The molecular weight excluding hydrogens is 322 g/mol. The maximum atomic E-state index is 12.6. The quantitative estimate of drug-likeness (QED) is 0.835. The first-order valence-electron chi connectivity index (χ1n) is 8.33. The van der Waals surface area contributed by atoms with Gasteiger partial charge in [0.25, 0.3) is 0 Å². The van der Waals surface area contributed by atoms with Crippen LogP contribution < -0.4 is 5.32 Å². The Morgan fingerprint density at radius 2 is 1.76 bits per heavy atom. The molecular formula is C18H25N3O4. The number of esters is 1. The van der Waals surface area contributed by atoms with E-state index in [2.05, 4.69) is 5.32 Å². The average molecular weight is 347 g/mol. The molecule has 0 saturated carbocycles. The van der Waals surface area contributed by atoms with Crippen LogP contribution in [0.5, 0.6) is 0 Å². The number of nitrogens with zero attached hydrogens (tertiary/aromatic N) is 2. The Hall–Kier alpha value is -2.57. The largest absolute Gasteiger partial charge is 0.467 e. The number of methoxy groups -OCH3 is 1. The molecule has 7 heteroatoms. The van der Waals surface area contributed by atoms with Gasteiger partial charge in [0.1, 0.15) is 0 Å². The van der Waals surface area contributed by atoms with Crippen molar-refractivity contribution in [3.63, 3.8) is 0 Å². The molecule has 0 radical (unpaired) electrons. The first-order chi connectivity index (χ1) is 11.9. The normalized spacial score (nSPS) is 16.0. The van der Waals surface area contributed by atoms with Gasteiger partial charge in [0, 0.05) is 33.1 Å². The maximum Gasteiger partial charge on any atom is 0.333 e. The summed E-state index contributed by atoms with van der Waals surface area (Å²) in [4.78, 5) is 39.9. The zero-order chi connectivity index (χ0) is 18.4. The molecule has 1 aliphatic heterocycles. The van der Waals surface area contributed by atoms with Gasteiger partial charge in [0.05, 0.1) is 7.11 Å². The standard InChI is InChI=1S/C18H25N3O4/c1-20(2)18(24)21-11-9-14(10-12-21)16(22)19-15(17(23)25-3)13-7-5-4-6-8-13/h4-8,14-15H,9-12H2,1-3H3,(H,19,22)/t15-/m0/s1. The molecule has 0 aromatic heterocycles. The summed E-state index contributed by atoms with van der Waals surface area (Å²) in [6, 6.07) is 8.15. The van der Waals surface area contributed by atoms with Crippen molar-refractivity contribution in [1.82, 2.24) is 15.1 Å². The second kappa shape index (κ2) is 8.50. The number of ether oxygens (including phenoxy) is 1. The van der Waals surface area contributed by atoms with Gasteiger partial charge in [-0.25, -0.2) is 9.59 Å². The van der Waals surface area contributed by atoms with Crippen LogP contribution in [0.4, 0.5) is 4.79 Å². The van der Waals surface area contributed by atoms with Gasteiger partial charge in [-0.15, -0.1) is 0 Å². The van der Waals surface area contributed by atoms with E-state index in [0.717, 1.165) is 0 Å². The van der Waals surface area contributed by atoms with Gasteiger partial charge < -0.3 is 19.9 Å². The van der Waals surface area contributed by atoms with E-state index in [0.29, 0.717) is 31.5 Å². The Morgan fingerprint density at radius 1 is 1.16 bits per heavy atom. The third-order valence-electron chi connectivity index (χ3n) is 4.38. The van der Waals surface area contributed by atoms with E-state index >= 15 is 0 Å². The molecule has 1 aliphatic rings. The molecule has 1 aromatic rings. The van der Waals surface area contributed by atoms with Crippen LogP contribution in [-0.4, -0.2) is 62.0 Å². The fourth-order valence-electron chi connectivity index (χ4n) is 2.92. The third kappa shape index (κ3) is 4.71. The first kappa shape index (κ1) is 18.8. The monoisotopic (exact) mass is 347 g/mol. The Morgan fingerprint density at radius 3 is 2.28 bits per heavy atom. The van der Waals surface area contributed by atoms with E-state index in [1.165, 1.54) is 12.0 Å². The van der Waals surface area contributed by atoms with Gasteiger partial charge in [0.15, 0.2) is 6.04 Å². The summed E-state index contributed by atoms with van der Waals surface area (Å²) in [6.45, 7) is 1.06. The predicted octanol–water partition coefficient (Wildman–Crippen LogP) is 1.41. The van der Waals surface area contributed by atoms with Crippen LogP contribution in [0, 0.1) is 5.92 Å². The average Bonchev–Trinajstić information content (AvgIpc) is 2.65. The number of hydrogen-bond donors (Lipinski definition) is 1. The van der Waals surface area contributed by atoms with Gasteiger partial charge in [-0.05, 0) is 18.4 Å². The summed E-state index contributed by atoms with van der Waals surface area (Å²) >= 11 is 0. The minimum absolute atomic E-state index is 0.0458. The van der Waals surface area contributed by atoms with Crippen LogP contribution in [0.15, 0.2) is 30.3 Å². The molecule has 1 heterocycles. The Labute approximate surface area is 147 Å². The van der Waals surface area contributed by atoms with Gasteiger partial charge in [-0.1, -0.05) is 30.3 Å². The first-order valence-corrected chi connectivity index (χ1v) is 8.33. The number of piperidine rings is 1. The van der Waals surface area contributed by atoms with Crippen molar-refractivity contribution in [2.75, 3.05) is 34.3 Å². The van der Waals surface area contributed by atoms with Crippen molar-refractivity contribution >= 4 is 17.9 Å². The fraction of sp³-hybridized carbons (Fsp3) is 0.500. The van der Waals surface area contributed by atoms with E-state index in [1.807, 2.05) is 18.2 Å². The lowest BCUT2D eigenvalue weighted by Gasteiger charge is -2.33. The van der Waals surface area contributed by atoms with Gasteiger partial charge in [-0.3, -0.25) is 4.79 Å². The molecule has 1 saturated heterocycles. The number of carbonyl (C=O) groups excluding carboxylic acids is 3. The van der Waals surface area contributed by atoms with Crippen LogP contribution in [0.1, 0.15) is 24.4 Å². The van der Waals surface area contributed by atoms with E-state index in [-0.39, 0.29) is 17.9 Å². The summed E-state index contributed by atoms with van der Waals surface area (Å²) in [5.74, 6) is -0.905. The number of benzene rings is 1. The van der Waals surface area contributed by atoms with E-state index in [1.54, 1.807) is 31.1 Å². The number of urea groups is 1. The molecule has 1 atom stereocenters. The molecule has 7 nitrogen and oxygen atoms in total. The molecule has 25 heavy (non-hydrogen) atoms. The molecule has 136 valence electrons. The van der Waals surface area contributed by atoms with Crippen LogP contribution in [0.25, 0.3) is 0 Å². The summed E-state index contributed by atoms with van der Waals surface area (Å²) in [6.07, 6.45) is 1.15. The zero-order valence-corrected chi connectivity index (χ0v) is 14.9. The summed E-state index contributed by atoms with van der Waals surface area (Å²) in [7, 11) is 4.72.